The first kappa shape index (κ1) is 11.9. The summed E-state index contributed by atoms with van der Waals surface area (Å²) in [6.45, 7) is 3.82. The summed E-state index contributed by atoms with van der Waals surface area (Å²) in [7, 11) is 2.77. The Morgan fingerprint density at radius 2 is 2.14 bits per heavy atom. The lowest BCUT2D eigenvalue weighted by Gasteiger charge is -2.30. The van der Waals surface area contributed by atoms with Gasteiger partial charge in [-0.3, -0.25) is 4.90 Å². The first-order valence-electron chi connectivity index (χ1n) is 5.24. The van der Waals surface area contributed by atoms with Crippen molar-refractivity contribution in [1.82, 2.24) is 4.90 Å². The van der Waals surface area contributed by atoms with Crippen molar-refractivity contribution in [3.05, 3.63) is 0 Å². The highest BCUT2D eigenvalue weighted by atomic mass is 31.0. The van der Waals surface area contributed by atoms with Gasteiger partial charge < -0.3 is 4.74 Å². The van der Waals surface area contributed by atoms with E-state index in [9.17, 15) is 0 Å². The fraction of sp³-hybridized carbons (Fsp3) is 0.900. The van der Waals surface area contributed by atoms with E-state index >= 15 is 0 Å². The Morgan fingerprint density at radius 1 is 1.43 bits per heavy atom. The van der Waals surface area contributed by atoms with Gasteiger partial charge in [-0.05, 0) is 31.8 Å². The lowest BCUT2D eigenvalue weighted by Crippen LogP contribution is -2.34. The van der Waals surface area contributed by atoms with Crippen LogP contribution in [-0.2, 0) is 4.74 Å². The third-order valence-corrected chi connectivity index (χ3v) is 3.19. The molecule has 0 aromatic rings. The highest BCUT2D eigenvalue weighted by molar-refractivity contribution is 7.16. The molecule has 1 fully saturated rings. The minimum absolute atomic E-state index is 0.518. The van der Waals surface area contributed by atoms with E-state index in [-0.39, 0.29) is 0 Å². The zero-order valence-corrected chi connectivity index (χ0v) is 9.77. The Kier molecular flexibility index (Phi) is 6.10. The summed E-state index contributed by atoms with van der Waals surface area (Å²) in [5.74, 6) is 0.710. The molecule has 1 aliphatic heterocycles. The third-order valence-electron chi connectivity index (χ3n) is 2.68. The number of nitrogens with zero attached hydrogens (tertiary/aromatic N) is 2. The molecule has 1 heterocycles. The second-order valence-corrected chi connectivity index (χ2v) is 4.09. The van der Waals surface area contributed by atoms with Gasteiger partial charge in [-0.1, -0.05) is 0 Å². The quantitative estimate of drug-likeness (QED) is 0.513. The first-order chi connectivity index (χ1) is 6.86. The molecule has 0 N–H and O–H groups in total. The van der Waals surface area contributed by atoms with Crippen LogP contribution >= 0.6 is 9.24 Å². The first-order valence-corrected chi connectivity index (χ1v) is 6.05. The van der Waals surface area contributed by atoms with Gasteiger partial charge in [0.15, 0.2) is 0 Å². The highest BCUT2D eigenvalue weighted by Crippen LogP contribution is 2.17. The Morgan fingerprint density at radius 3 is 2.71 bits per heavy atom. The average Bonchev–Trinajstić information content (AvgIpc) is 2.25. The van der Waals surface area contributed by atoms with Crippen molar-refractivity contribution in [1.29, 1.82) is 5.26 Å². The Balaban J connectivity index is 2.02. The fourth-order valence-electron chi connectivity index (χ4n) is 1.70. The predicted octanol–water partition coefficient (Wildman–Crippen LogP) is 1.46. The molecule has 1 unspecified atom stereocenters. The third kappa shape index (κ3) is 4.37. The molecule has 0 spiro atoms. The van der Waals surface area contributed by atoms with Crippen molar-refractivity contribution in [2.24, 2.45) is 5.92 Å². The van der Waals surface area contributed by atoms with Crippen LogP contribution in [0.3, 0.4) is 0 Å². The van der Waals surface area contributed by atoms with Gasteiger partial charge in [0.2, 0.25) is 0 Å². The van der Waals surface area contributed by atoms with Gasteiger partial charge in [0, 0.05) is 12.9 Å². The number of nitriles is 1. The summed E-state index contributed by atoms with van der Waals surface area (Å²) >= 11 is 0. The molecule has 80 valence electrons. The van der Waals surface area contributed by atoms with E-state index in [1.165, 1.54) is 25.9 Å². The summed E-state index contributed by atoms with van der Waals surface area (Å²) in [5, 5.41) is 8.33. The van der Waals surface area contributed by atoms with E-state index in [2.05, 4.69) is 20.2 Å². The zero-order valence-electron chi connectivity index (χ0n) is 8.61. The Labute approximate surface area is 88.6 Å². The summed E-state index contributed by atoms with van der Waals surface area (Å²) in [5.41, 5.74) is 0. The molecule has 0 bridgehead atoms. The minimum Gasteiger partial charge on any atom is -0.380 e. The standard InChI is InChI=1S/C10H19N2OP/c11-4-1-7-13-8-10-2-5-12(9-14)6-3-10/h10H,1-3,5-9,14H2. The van der Waals surface area contributed by atoms with Gasteiger partial charge in [0.05, 0.1) is 19.1 Å². The van der Waals surface area contributed by atoms with Crippen molar-refractivity contribution < 1.29 is 4.74 Å². The molecule has 4 heteroatoms. The SMILES string of the molecule is N#CCCOCC1CCN(CP)CC1. The van der Waals surface area contributed by atoms with E-state index in [4.69, 9.17) is 10.00 Å². The number of piperidine rings is 1. The largest absolute Gasteiger partial charge is 0.380 e. The van der Waals surface area contributed by atoms with Crippen LogP contribution in [-0.4, -0.2) is 37.5 Å². The van der Waals surface area contributed by atoms with E-state index < -0.39 is 0 Å². The summed E-state index contributed by atoms with van der Waals surface area (Å²) in [4.78, 5) is 2.44. The molecule has 1 rings (SSSR count). The van der Waals surface area contributed by atoms with E-state index in [0.29, 0.717) is 18.9 Å². The van der Waals surface area contributed by atoms with Gasteiger partial charge >= 0.3 is 0 Å². The minimum atomic E-state index is 0.518. The number of rotatable bonds is 5. The Hall–Kier alpha value is -0.160. The van der Waals surface area contributed by atoms with Crippen LogP contribution in [0.1, 0.15) is 19.3 Å². The fourth-order valence-corrected chi connectivity index (χ4v) is 2.07. The van der Waals surface area contributed by atoms with E-state index in [1.54, 1.807) is 0 Å². The van der Waals surface area contributed by atoms with Gasteiger partial charge in [-0.15, -0.1) is 9.24 Å². The molecule has 0 aliphatic carbocycles. The predicted molar refractivity (Wildman–Crippen MR) is 59.9 cm³/mol. The smallest absolute Gasteiger partial charge is 0.0645 e. The highest BCUT2D eigenvalue weighted by Gasteiger charge is 2.17. The molecule has 0 radical (unpaired) electrons. The van der Waals surface area contributed by atoms with Crippen molar-refractivity contribution in [3.63, 3.8) is 0 Å². The van der Waals surface area contributed by atoms with Crippen LogP contribution in [0.15, 0.2) is 0 Å². The molecule has 1 aliphatic rings. The number of likely N-dealkylation sites (tertiary alicyclic amines) is 1. The second-order valence-electron chi connectivity index (χ2n) is 3.73. The Bertz CT molecular complexity index is 185. The number of ether oxygens (including phenoxy) is 1. The molecule has 3 nitrogen and oxygen atoms in total. The average molecular weight is 214 g/mol. The van der Waals surface area contributed by atoms with Crippen molar-refractivity contribution in [2.45, 2.75) is 19.3 Å². The number of hydrogen-bond donors (Lipinski definition) is 0. The van der Waals surface area contributed by atoms with Crippen LogP contribution in [0.2, 0.25) is 0 Å². The maximum atomic E-state index is 8.33. The van der Waals surface area contributed by atoms with Crippen LogP contribution in [0.4, 0.5) is 0 Å². The summed E-state index contributed by atoms with van der Waals surface area (Å²) in [6, 6.07) is 2.09. The maximum absolute atomic E-state index is 8.33. The molecule has 0 amide bonds. The van der Waals surface area contributed by atoms with Crippen LogP contribution in [0.5, 0.6) is 0 Å². The van der Waals surface area contributed by atoms with Gasteiger partial charge in [-0.25, -0.2) is 0 Å². The van der Waals surface area contributed by atoms with Crippen LogP contribution < -0.4 is 0 Å². The normalized spacial score (nSPS) is 19.4. The monoisotopic (exact) mass is 214 g/mol. The van der Waals surface area contributed by atoms with Gasteiger partial charge in [0.1, 0.15) is 0 Å². The summed E-state index contributed by atoms with van der Waals surface area (Å²) in [6.07, 6.45) is 4.08. The van der Waals surface area contributed by atoms with Crippen LogP contribution in [0, 0.1) is 17.2 Å². The zero-order chi connectivity index (χ0) is 10.2. The molecule has 14 heavy (non-hydrogen) atoms. The molecule has 0 aromatic heterocycles. The van der Waals surface area contributed by atoms with Crippen molar-refractivity contribution in [3.8, 4) is 6.07 Å². The molecular weight excluding hydrogens is 195 g/mol. The lowest BCUT2D eigenvalue weighted by molar-refractivity contribution is 0.0742. The van der Waals surface area contributed by atoms with E-state index in [1.807, 2.05) is 0 Å². The second kappa shape index (κ2) is 7.17. The molecule has 1 saturated heterocycles. The topological polar surface area (TPSA) is 36.3 Å². The molecule has 1 atom stereocenters. The van der Waals surface area contributed by atoms with Crippen molar-refractivity contribution in [2.75, 3.05) is 32.6 Å². The maximum Gasteiger partial charge on any atom is 0.0645 e. The molecule has 0 aromatic carbocycles. The lowest BCUT2D eigenvalue weighted by atomic mass is 9.98. The number of hydrogen-bond acceptors (Lipinski definition) is 3. The molecule has 0 saturated carbocycles. The summed E-state index contributed by atoms with van der Waals surface area (Å²) < 4.78 is 5.44. The van der Waals surface area contributed by atoms with E-state index in [0.717, 1.165) is 12.9 Å². The van der Waals surface area contributed by atoms with Crippen molar-refractivity contribution >= 4 is 9.24 Å². The van der Waals surface area contributed by atoms with Crippen LogP contribution in [0.25, 0.3) is 0 Å². The van der Waals surface area contributed by atoms with Gasteiger partial charge in [0.25, 0.3) is 0 Å². The molecular formula is C10H19N2OP. The van der Waals surface area contributed by atoms with Gasteiger partial charge in [-0.2, -0.15) is 5.26 Å².